The molecule has 1 atom stereocenters. The number of ketones is 1. The largest absolute Gasteiger partial charge is 0.442 e. The van der Waals surface area contributed by atoms with E-state index in [0.29, 0.717) is 29.7 Å². The molecule has 6 heteroatoms. The number of ether oxygens (including phenoxy) is 1. The number of carbonyl (C=O) groups excluding carboxylic acids is 1. The number of rotatable bonds is 1. The minimum absolute atomic E-state index is 0.00907. The second kappa shape index (κ2) is 5.91. The summed E-state index contributed by atoms with van der Waals surface area (Å²) in [7, 11) is 0. The highest BCUT2D eigenvalue weighted by molar-refractivity contribution is 9.10. The lowest BCUT2D eigenvalue weighted by Crippen LogP contribution is -2.35. The fourth-order valence-electron chi connectivity index (χ4n) is 3.76. The molecule has 0 amide bonds. The summed E-state index contributed by atoms with van der Waals surface area (Å²) in [4.78, 5) is 29.9. The lowest BCUT2D eigenvalue weighted by Gasteiger charge is -2.37. The van der Waals surface area contributed by atoms with Crippen molar-refractivity contribution in [2.24, 2.45) is 5.41 Å². The fourth-order valence-corrected chi connectivity index (χ4v) is 4.03. The zero-order chi connectivity index (χ0) is 18.6. The van der Waals surface area contributed by atoms with E-state index >= 15 is 0 Å². The monoisotopic (exact) mass is 415 g/mol. The van der Waals surface area contributed by atoms with Gasteiger partial charge in [-0.1, -0.05) is 41.9 Å². The van der Waals surface area contributed by atoms with E-state index < -0.39 is 11.5 Å². The number of halogens is 1. The third-order valence-electron chi connectivity index (χ3n) is 4.83. The first-order valence-corrected chi connectivity index (χ1v) is 9.26. The van der Waals surface area contributed by atoms with Gasteiger partial charge in [-0.15, -0.1) is 0 Å². The topological polar surface area (TPSA) is 69.4 Å². The molecule has 2 aromatic rings. The molecule has 0 saturated heterocycles. The Morgan fingerprint density at radius 1 is 1.15 bits per heavy atom. The smallest absolute Gasteiger partial charge is 0.346 e. The van der Waals surface area contributed by atoms with Gasteiger partial charge in [-0.3, -0.25) is 4.79 Å². The maximum absolute atomic E-state index is 13.0. The van der Waals surface area contributed by atoms with Crippen molar-refractivity contribution in [3.05, 3.63) is 67.5 Å². The van der Waals surface area contributed by atoms with Crippen LogP contribution in [0.3, 0.4) is 0 Å². The van der Waals surface area contributed by atoms with Crippen LogP contribution >= 0.6 is 15.9 Å². The molecule has 0 saturated carbocycles. The maximum atomic E-state index is 13.0. The maximum Gasteiger partial charge on any atom is 0.346 e. The van der Waals surface area contributed by atoms with Crippen molar-refractivity contribution in [3.63, 3.8) is 0 Å². The Bertz CT molecular complexity index is 1000. The van der Waals surface area contributed by atoms with Gasteiger partial charge in [0.1, 0.15) is 11.3 Å². The van der Waals surface area contributed by atoms with E-state index in [4.69, 9.17) is 9.15 Å². The SMILES string of the molecule is Cc1nc2c(c(=O)o1)[C@H](c1ccc(Br)cc1)C1=C(CC(C)(C)CC1=O)O2. The summed E-state index contributed by atoms with van der Waals surface area (Å²) in [5.74, 6) is 0.596. The van der Waals surface area contributed by atoms with Gasteiger partial charge in [-0.25, -0.2) is 4.79 Å². The van der Waals surface area contributed by atoms with E-state index in [-0.39, 0.29) is 23.0 Å². The number of benzene rings is 1. The quantitative estimate of drug-likeness (QED) is 0.695. The van der Waals surface area contributed by atoms with Crippen LogP contribution in [0.2, 0.25) is 0 Å². The van der Waals surface area contributed by atoms with Crippen LogP contribution in [0.1, 0.15) is 49.6 Å². The van der Waals surface area contributed by atoms with Crippen LogP contribution in [0, 0.1) is 12.3 Å². The molecule has 2 heterocycles. The number of hydrogen-bond acceptors (Lipinski definition) is 5. The molecule has 0 N–H and O–H groups in total. The summed E-state index contributed by atoms with van der Waals surface area (Å²) in [5.41, 5.74) is 0.995. The number of allylic oxidation sites excluding steroid dienone is 2. The molecule has 1 aromatic carbocycles. The van der Waals surface area contributed by atoms with Crippen molar-refractivity contribution in [2.45, 2.75) is 39.5 Å². The van der Waals surface area contributed by atoms with Crippen LogP contribution < -0.4 is 10.4 Å². The second-order valence-corrected chi connectivity index (χ2v) is 8.52. The van der Waals surface area contributed by atoms with Gasteiger partial charge in [0.05, 0.1) is 5.92 Å². The molecule has 1 aliphatic carbocycles. The minimum Gasteiger partial charge on any atom is -0.442 e. The Labute approximate surface area is 159 Å². The van der Waals surface area contributed by atoms with Crippen molar-refractivity contribution in [2.75, 3.05) is 0 Å². The molecule has 0 bridgehead atoms. The summed E-state index contributed by atoms with van der Waals surface area (Å²) in [6, 6.07) is 7.60. The third kappa shape index (κ3) is 2.82. The Balaban J connectivity index is 1.99. The zero-order valence-electron chi connectivity index (χ0n) is 14.8. The van der Waals surface area contributed by atoms with E-state index in [0.717, 1.165) is 10.0 Å². The lowest BCUT2D eigenvalue weighted by molar-refractivity contribution is -0.118. The van der Waals surface area contributed by atoms with Gasteiger partial charge < -0.3 is 9.15 Å². The van der Waals surface area contributed by atoms with E-state index in [1.807, 2.05) is 38.1 Å². The Kier molecular flexibility index (Phi) is 3.91. The average molecular weight is 416 g/mol. The number of nitrogens with zero attached hydrogens (tertiary/aromatic N) is 1. The molecule has 0 unspecified atom stereocenters. The van der Waals surface area contributed by atoms with Gasteiger partial charge in [0.15, 0.2) is 11.7 Å². The predicted octanol–water partition coefficient (Wildman–Crippen LogP) is 4.27. The van der Waals surface area contributed by atoms with Crippen LogP contribution in [0.5, 0.6) is 5.88 Å². The molecule has 0 fully saturated rings. The zero-order valence-corrected chi connectivity index (χ0v) is 16.3. The van der Waals surface area contributed by atoms with Crippen molar-refractivity contribution >= 4 is 21.7 Å². The minimum atomic E-state index is -0.519. The van der Waals surface area contributed by atoms with Gasteiger partial charge in [0.2, 0.25) is 5.88 Å². The molecule has 1 aromatic heterocycles. The molecular weight excluding hydrogens is 398 g/mol. The van der Waals surface area contributed by atoms with E-state index in [9.17, 15) is 9.59 Å². The predicted molar refractivity (Wildman–Crippen MR) is 99.2 cm³/mol. The van der Waals surface area contributed by atoms with Gasteiger partial charge in [0.25, 0.3) is 0 Å². The van der Waals surface area contributed by atoms with Crippen LogP contribution in [0.15, 0.2) is 49.3 Å². The number of Topliss-reactive ketones (excluding diaryl/α,β-unsaturated/α-hetero) is 1. The van der Waals surface area contributed by atoms with Gasteiger partial charge in [0, 0.05) is 29.8 Å². The van der Waals surface area contributed by atoms with Crippen LogP contribution in [0.4, 0.5) is 0 Å². The molecular formula is C20H18BrNO4. The van der Waals surface area contributed by atoms with E-state index in [2.05, 4.69) is 20.9 Å². The summed E-state index contributed by atoms with van der Waals surface area (Å²) < 4.78 is 12.1. The van der Waals surface area contributed by atoms with Gasteiger partial charge in [-0.05, 0) is 23.1 Å². The molecule has 4 rings (SSSR count). The molecule has 0 radical (unpaired) electrons. The van der Waals surface area contributed by atoms with Gasteiger partial charge in [-0.2, -0.15) is 4.98 Å². The first-order chi connectivity index (χ1) is 12.2. The number of carbonyl (C=O) groups is 1. The van der Waals surface area contributed by atoms with E-state index in [1.165, 1.54) is 0 Å². The van der Waals surface area contributed by atoms with Crippen LogP contribution in [-0.4, -0.2) is 10.8 Å². The molecule has 134 valence electrons. The summed E-state index contributed by atoms with van der Waals surface area (Å²) >= 11 is 3.42. The van der Waals surface area contributed by atoms with Crippen molar-refractivity contribution < 1.29 is 13.9 Å². The van der Waals surface area contributed by atoms with Gasteiger partial charge >= 0.3 is 5.63 Å². The first-order valence-electron chi connectivity index (χ1n) is 8.46. The Morgan fingerprint density at radius 2 is 1.85 bits per heavy atom. The average Bonchev–Trinajstić information content (AvgIpc) is 2.52. The highest BCUT2D eigenvalue weighted by atomic mass is 79.9. The summed E-state index contributed by atoms with van der Waals surface area (Å²) in [6.07, 6.45) is 1.05. The molecule has 0 spiro atoms. The molecule has 26 heavy (non-hydrogen) atoms. The number of aryl methyl sites for hydroxylation is 1. The first kappa shape index (κ1) is 17.2. The summed E-state index contributed by atoms with van der Waals surface area (Å²) in [6.45, 7) is 5.69. The normalized spacial score (nSPS) is 21.1. The fraction of sp³-hybridized carbons (Fsp3) is 0.350. The Morgan fingerprint density at radius 3 is 2.54 bits per heavy atom. The second-order valence-electron chi connectivity index (χ2n) is 7.60. The molecule has 1 aliphatic heterocycles. The Hall–Kier alpha value is -2.21. The lowest BCUT2D eigenvalue weighted by atomic mass is 9.70. The third-order valence-corrected chi connectivity index (χ3v) is 5.36. The highest BCUT2D eigenvalue weighted by Crippen LogP contribution is 2.48. The number of fused-ring (bicyclic) bond motifs is 1. The van der Waals surface area contributed by atoms with Crippen molar-refractivity contribution in [1.82, 2.24) is 4.98 Å². The summed E-state index contributed by atoms with van der Waals surface area (Å²) in [5, 5.41) is 0. The highest BCUT2D eigenvalue weighted by Gasteiger charge is 2.44. The standard InChI is InChI=1S/C20H18BrNO4/c1-10-22-18-17(19(24)25-10)15(11-4-6-12(21)7-5-11)16-13(23)8-20(2,3)9-14(16)26-18/h4-7,15H,8-9H2,1-3H3/t15-/m1/s1. The van der Waals surface area contributed by atoms with E-state index in [1.54, 1.807) is 6.92 Å². The number of hydrogen-bond donors (Lipinski definition) is 0. The molecule has 5 nitrogen and oxygen atoms in total. The van der Waals surface area contributed by atoms with Crippen LogP contribution in [0.25, 0.3) is 0 Å². The van der Waals surface area contributed by atoms with Crippen molar-refractivity contribution in [3.8, 4) is 5.88 Å². The number of aromatic nitrogens is 1. The van der Waals surface area contributed by atoms with Crippen molar-refractivity contribution in [1.29, 1.82) is 0 Å². The molecule has 2 aliphatic rings. The van der Waals surface area contributed by atoms with Crippen LogP contribution in [-0.2, 0) is 4.79 Å².